The predicted octanol–water partition coefficient (Wildman–Crippen LogP) is 2.35. The fourth-order valence-corrected chi connectivity index (χ4v) is 2.76. The quantitative estimate of drug-likeness (QED) is 0.740. The van der Waals surface area contributed by atoms with Gasteiger partial charge in [-0.15, -0.1) is 12.4 Å². The van der Waals surface area contributed by atoms with E-state index in [0.717, 1.165) is 50.0 Å². The molecule has 2 rings (SSSR count). The van der Waals surface area contributed by atoms with Gasteiger partial charge in [-0.2, -0.15) is 0 Å². The van der Waals surface area contributed by atoms with Crippen LogP contribution in [0.4, 0.5) is 0 Å². The zero-order valence-electron chi connectivity index (χ0n) is 14.3. The van der Waals surface area contributed by atoms with Gasteiger partial charge in [-0.25, -0.2) is 0 Å². The summed E-state index contributed by atoms with van der Waals surface area (Å²) in [5, 5.41) is 5.93. The topological polar surface area (TPSA) is 61.4 Å². The lowest BCUT2D eigenvalue weighted by molar-refractivity contribution is -0.121. The van der Waals surface area contributed by atoms with Crippen molar-refractivity contribution in [1.82, 2.24) is 15.5 Å². The molecule has 0 aromatic heterocycles. The van der Waals surface area contributed by atoms with Gasteiger partial charge in [0.2, 0.25) is 5.91 Å². The fourth-order valence-electron chi connectivity index (χ4n) is 2.76. The van der Waals surface area contributed by atoms with Crippen molar-refractivity contribution >= 4 is 24.2 Å². The minimum Gasteiger partial charge on any atom is -0.352 e. The maximum atomic E-state index is 12.4. The Morgan fingerprint density at radius 3 is 2.38 bits per heavy atom. The van der Waals surface area contributed by atoms with Crippen LogP contribution >= 0.6 is 12.4 Å². The molecular weight excluding hydrogens is 326 g/mol. The van der Waals surface area contributed by atoms with Crippen molar-refractivity contribution in [3.05, 3.63) is 35.4 Å². The lowest BCUT2D eigenvalue weighted by Gasteiger charge is -2.26. The van der Waals surface area contributed by atoms with Crippen molar-refractivity contribution in [1.29, 1.82) is 0 Å². The first-order valence-electron chi connectivity index (χ1n) is 8.50. The predicted molar refractivity (Wildman–Crippen MR) is 98.5 cm³/mol. The third kappa shape index (κ3) is 6.49. The summed E-state index contributed by atoms with van der Waals surface area (Å²) in [4.78, 5) is 26.0. The highest BCUT2D eigenvalue weighted by Crippen LogP contribution is 2.13. The summed E-state index contributed by atoms with van der Waals surface area (Å²) in [6.45, 7) is 3.09. The number of nitrogens with one attached hydrogen (secondary N) is 2. The molecule has 2 N–H and O–H groups in total. The van der Waals surface area contributed by atoms with E-state index in [1.165, 1.54) is 6.42 Å². The van der Waals surface area contributed by atoms with Gasteiger partial charge in [0.1, 0.15) is 0 Å². The molecule has 0 unspecified atom stereocenters. The second-order valence-electron chi connectivity index (χ2n) is 6.03. The number of rotatable bonds is 7. The van der Waals surface area contributed by atoms with Gasteiger partial charge in [0.15, 0.2) is 0 Å². The minimum absolute atomic E-state index is 0. The Bertz CT molecular complexity index is 514. The van der Waals surface area contributed by atoms with E-state index in [9.17, 15) is 9.59 Å². The molecule has 0 bridgehead atoms. The van der Waals surface area contributed by atoms with Crippen LogP contribution in [-0.4, -0.2) is 43.4 Å². The highest BCUT2D eigenvalue weighted by Gasteiger charge is 2.17. The molecule has 1 fully saturated rings. The number of hydrogen-bond donors (Lipinski definition) is 2. The first kappa shape index (κ1) is 20.5. The number of carbonyl (C=O) groups excluding carboxylic acids is 2. The smallest absolute Gasteiger partial charge is 0.253 e. The molecule has 2 amide bonds. The van der Waals surface area contributed by atoms with Crippen LogP contribution in [0.15, 0.2) is 24.3 Å². The maximum absolute atomic E-state index is 12.4. The van der Waals surface area contributed by atoms with Crippen molar-refractivity contribution in [3.63, 3.8) is 0 Å². The third-order valence-corrected chi connectivity index (χ3v) is 4.16. The van der Waals surface area contributed by atoms with Gasteiger partial charge < -0.3 is 15.5 Å². The zero-order chi connectivity index (χ0) is 16.5. The van der Waals surface area contributed by atoms with Crippen molar-refractivity contribution in [2.75, 3.05) is 26.7 Å². The van der Waals surface area contributed by atoms with Crippen LogP contribution in [0.5, 0.6) is 0 Å². The van der Waals surface area contributed by atoms with E-state index in [4.69, 9.17) is 0 Å². The molecule has 6 heteroatoms. The first-order chi connectivity index (χ1) is 11.2. The number of benzene rings is 1. The fraction of sp³-hybridized carbons (Fsp3) is 0.556. The van der Waals surface area contributed by atoms with Crippen molar-refractivity contribution in [2.45, 2.75) is 38.6 Å². The van der Waals surface area contributed by atoms with Gasteiger partial charge in [0.05, 0.1) is 0 Å². The molecule has 0 spiro atoms. The van der Waals surface area contributed by atoms with E-state index in [2.05, 4.69) is 10.6 Å². The van der Waals surface area contributed by atoms with E-state index >= 15 is 0 Å². The Morgan fingerprint density at radius 1 is 1.08 bits per heavy atom. The van der Waals surface area contributed by atoms with Crippen molar-refractivity contribution in [2.24, 2.45) is 0 Å². The van der Waals surface area contributed by atoms with E-state index in [1.807, 2.05) is 36.2 Å². The Morgan fingerprint density at radius 2 is 1.75 bits per heavy atom. The van der Waals surface area contributed by atoms with Crippen LogP contribution in [0, 0.1) is 0 Å². The average molecular weight is 354 g/mol. The normalized spacial score (nSPS) is 14.0. The number of nitrogens with zero attached hydrogens (tertiary/aromatic N) is 1. The van der Waals surface area contributed by atoms with Crippen LogP contribution in [0.3, 0.4) is 0 Å². The van der Waals surface area contributed by atoms with E-state index < -0.39 is 0 Å². The lowest BCUT2D eigenvalue weighted by Crippen LogP contribution is -2.35. The van der Waals surface area contributed by atoms with Gasteiger partial charge in [0.25, 0.3) is 5.91 Å². The molecule has 1 saturated heterocycles. The van der Waals surface area contributed by atoms with Gasteiger partial charge >= 0.3 is 0 Å². The Balaban J connectivity index is 0.00000288. The number of halogens is 1. The largest absolute Gasteiger partial charge is 0.352 e. The first-order valence-corrected chi connectivity index (χ1v) is 8.50. The standard InChI is InChI=1S/C18H27N3O2.ClH/c1-19-11-5-6-17(22)20-14-15-7-9-16(10-8-15)18(23)21-12-3-2-4-13-21;/h7-10,19H,2-6,11-14H2,1H3,(H,20,22);1H. The van der Waals surface area contributed by atoms with Crippen LogP contribution < -0.4 is 10.6 Å². The average Bonchev–Trinajstić information content (AvgIpc) is 2.61. The molecule has 0 saturated carbocycles. The molecule has 1 aliphatic rings. The lowest BCUT2D eigenvalue weighted by atomic mass is 10.1. The van der Waals surface area contributed by atoms with Crippen molar-refractivity contribution in [3.8, 4) is 0 Å². The molecule has 1 aromatic rings. The van der Waals surface area contributed by atoms with E-state index in [1.54, 1.807) is 0 Å². The molecule has 1 aliphatic heterocycles. The number of hydrogen-bond acceptors (Lipinski definition) is 3. The molecule has 24 heavy (non-hydrogen) atoms. The number of amides is 2. The number of likely N-dealkylation sites (tertiary alicyclic amines) is 1. The Kier molecular flexibility index (Phi) is 9.42. The van der Waals surface area contributed by atoms with Crippen molar-refractivity contribution < 1.29 is 9.59 Å². The van der Waals surface area contributed by atoms with Gasteiger partial charge in [-0.3, -0.25) is 9.59 Å². The van der Waals surface area contributed by atoms with E-state index in [0.29, 0.717) is 13.0 Å². The summed E-state index contributed by atoms with van der Waals surface area (Å²) >= 11 is 0. The maximum Gasteiger partial charge on any atom is 0.253 e. The Hall–Kier alpha value is -1.59. The summed E-state index contributed by atoms with van der Waals surface area (Å²) in [7, 11) is 1.88. The molecule has 1 aromatic carbocycles. The molecule has 0 atom stereocenters. The summed E-state index contributed by atoms with van der Waals surface area (Å²) in [5.41, 5.74) is 1.75. The summed E-state index contributed by atoms with van der Waals surface area (Å²) in [6, 6.07) is 7.56. The SMILES string of the molecule is CNCCCC(=O)NCc1ccc(C(=O)N2CCCCC2)cc1.Cl. The molecule has 1 heterocycles. The highest BCUT2D eigenvalue weighted by molar-refractivity contribution is 5.94. The molecule has 0 radical (unpaired) electrons. The van der Waals surface area contributed by atoms with E-state index in [-0.39, 0.29) is 24.2 Å². The van der Waals surface area contributed by atoms with Gasteiger partial charge in [-0.05, 0) is 57.0 Å². The minimum atomic E-state index is 0. The third-order valence-electron chi connectivity index (χ3n) is 4.16. The van der Waals surface area contributed by atoms with Gasteiger partial charge in [0, 0.05) is 31.6 Å². The number of carbonyl (C=O) groups is 2. The number of piperidine rings is 1. The summed E-state index contributed by atoms with van der Waals surface area (Å²) < 4.78 is 0. The second-order valence-corrected chi connectivity index (χ2v) is 6.03. The van der Waals surface area contributed by atoms with Crippen LogP contribution in [0.25, 0.3) is 0 Å². The van der Waals surface area contributed by atoms with Crippen LogP contribution in [0.2, 0.25) is 0 Å². The zero-order valence-corrected chi connectivity index (χ0v) is 15.2. The summed E-state index contributed by atoms with van der Waals surface area (Å²) in [6.07, 6.45) is 4.79. The second kappa shape index (κ2) is 11.0. The summed E-state index contributed by atoms with van der Waals surface area (Å²) in [5.74, 6) is 0.182. The molecule has 0 aliphatic carbocycles. The Labute approximate surface area is 150 Å². The monoisotopic (exact) mass is 353 g/mol. The highest BCUT2D eigenvalue weighted by atomic mass is 35.5. The molecule has 5 nitrogen and oxygen atoms in total. The van der Waals surface area contributed by atoms with Crippen LogP contribution in [0.1, 0.15) is 48.0 Å². The van der Waals surface area contributed by atoms with Crippen LogP contribution in [-0.2, 0) is 11.3 Å². The molecule has 134 valence electrons. The molecular formula is C18H28ClN3O2. The van der Waals surface area contributed by atoms with Gasteiger partial charge in [-0.1, -0.05) is 12.1 Å².